The minimum atomic E-state index is 0.925. The van der Waals surface area contributed by atoms with Crippen LogP contribution in [0.5, 0.6) is 0 Å². The number of fused-ring (bicyclic) bond motifs is 8. The summed E-state index contributed by atoms with van der Waals surface area (Å²) in [6, 6.07) is 76.4. The molecule has 3 nitrogen and oxygen atoms in total. The van der Waals surface area contributed by atoms with E-state index >= 15 is 0 Å². The molecule has 0 aliphatic carbocycles. The van der Waals surface area contributed by atoms with Gasteiger partial charge < -0.3 is 4.57 Å². The molecule has 3 aromatic heterocycles. The maximum atomic E-state index is 5.41. The molecule has 0 radical (unpaired) electrons. The normalized spacial score (nSPS) is 11.7. The van der Waals surface area contributed by atoms with Crippen LogP contribution in [0.2, 0.25) is 0 Å². The Kier molecular flexibility index (Phi) is 7.54. The van der Waals surface area contributed by atoms with E-state index in [0.717, 1.165) is 77.9 Å². The Balaban J connectivity index is 1.08. The molecule has 0 saturated carbocycles. The summed E-state index contributed by atoms with van der Waals surface area (Å²) < 4.78 is 2.41. The van der Waals surface area contributed by atoms with E-state index < -0.39 is 0 Å². The van der Waals surface area contributed by atoms with Gasteiger partial charge in [-0.15, -0.1) is 0 Å². The molecule has 0 unspecified atom stereocenters. The van der Waals surface area contributed by atoms with Crippen molar-refractivity contribution in [2.45, 2.75) is 0 Å². The number of para-hydroxylation sites is 2. The lowest BCUT2D eigenvalue weighted by Crippen LogP contribution is -1.96. The summed E-state index contributed by atoms with van der Waals surface area (Å²) in [7, 11) is 0. The van der Waals surface area contributed by atoms with E-state index in [4.69, 9.17) is 9.97 Å². The SMILES string of the molecule is c1ccc(-c2nc3ccccc3c3cc4c5ccccc5n(-c5cccc(-c6cc(-c7ccc8ccccc8c7)cc(-c7ccc8ccccc8c7)n6)c5)c4cc23)cc1. The van der Waals surface area contributed by atoms with Gasteiger partial charge in [-0.1, -0.05) is 152 Å². The molecule has 0 fully saturated rings. The summed E-state index contributed by atoms with van der Waals surface area (Å²) in [5, 5.41) is 10.8. The Labute approximate surface area is 341 Å². The first kappa shape index (κ1) is 33.3. The van der Waals surface area contributed by atoms with Gasteiger partial charge in [0.15, 0.2) is 0 Å². The van der Waals surface area contributed by atoms with E-state index in [0.29, 0.717) is 0 Å². The Morgan fingerprint density at radius 1 is 0.288 bits per heavy atom. The number of nitrogens with zero attached hydrogens (tertiary/aromatic N) is 3. The van der Waals surface area contributed by atoms with Crippen molar-refractivity contribution in [3.05, 3.63) is 212 Å². The molecule has 12 rings (SSSR count). The molecule has 0 saturated heterocycles. The van der Waals surface area contributed by atoms with Crippen LogP contribution in [0.1, 0.15) is 0 Å². The van der Waals surface area contributed by atoms with Crippen LogP contribution < -0.4 is 0 Å². The highest BCUT2D eigenvalue weighted by Crippen LogP contribution is 2.41. The second kappa shape index (κ2) is 13.4. The summed E-state index contributed by atoms with van der Waals surface area (Å²) in [6.45, 7) is 0. The van der Waals surface area contributed by atoms with Gasteiger partial charge in [0.05, 0.1) is 33.6 Å². The molecular weight excluding hydrogens is 715 g/mol. The van der Waals surface area contributed by atoms with Crippen molar-refractivity contribution in [3.63, 3.8) is 0 Å². The van der Waals surface area contributed by atoms with Crippen LogP contribution in [0.25, 0.3) is 116 Å². The monoisotopic (exact) mass is 749 g/mol. The minimum absolute atomic E-state index is 0.925. The molecule has 0 aliphatic rings. The van der Waals surface area contributed by atoms with Crippen molar-refractivity contribution in [3.8, 4) is 50.6 Å². The first-order valence-corrected chi connectivity index (χ1v) is 20.1. The average molecular weight is 750 g/mol. The molecule has 3 heterocycles. The van der Waals surface area contributed by atoms with Crippen LogP contribution in [0.3, 0.4) is 0 Å². The highest BCUT2D eigenvalue weighted by Gasteiger charge is 2.18. The molecule has 9 aromatic carbocycles. The predicted octanol–water partition coefficient (Wildman–Crippen LogP) is 14.9. The van der Waals surface area contributed by atoms with Crippen molar-refractivity contribution in [2.75, 3.05) is 0 Å². The molecule has 3 heteroatoms. The second-order valence-electron chi connectivity index (χ2n) is 15.4. The molecule has 0 spiro atoms. The van der Waals surface area contributed by atoms with Crippen molar-refractivity contribution in [1.82, 2.24) is 14.5 Å². The Hall–Kier alpha value is -7.88. The summed E-state index contributed by atoms with van der Waals surface area (Å²) in [5.74, 6) is 0. The van der Waals surface area contributed by atoms with E-state index in [2.05, 4.69) is 217 Å². The number of benzene rings is 9. The summed E-state index contributed by atoms with van der Waals surface area (Å²) in [6.07, 6.45) is 0. The van der Waals surface area contributed by atoms with Crippen LogP contribution in [-0.2, 0) is 0 Å². The van der Waals surface area contributed by atoms with Crippen molar-refractivity contribution >= 4 is 65.0 Å². The molecule has 59 heavy (non-hydrogen) atoms. The lowest BCUT2D eigenvalue weighted by molar-refractivity contribution is 1.18. The van der Waals surface area contributed by atoms with E-state index in [9.17, 15) is 0 Å². The van der Waals surface area contributed by atoms with Gasteiger partial charge in [-0.25, -0.2) is 9.97 Å². The van der Waals surface area contributed by atoms with E-state index in [1.165, 1.54) is 37.7 Å². The van der Waals surface area contributed by atoms with Crippen LogP contribution in [0.4, 0.5) is 0 Å². The van der Waals surface area contributed by atoms with E-state index in [-0.39, 0.29) is 0 Å². The topological polar surface area (TPSA) is 30.7 Å². The quantitative estimate of drug-likeness (QED) is 0.164. The van der Waals surface area contributed by atoms with Gasteiger partial charge in [-0.05, 0) is 98.7 Å². The molecule has 274 valence electrons. The molecule has 0 N–H and O–H groups in total. The van der Waals surface area contributed by atoms with Gasteiger partial charge in [0.1, 0.15) is 0 Å². The third-order valence-corrected chi connectivity index (χ3v) is 11.9. The van der Waals surface area contributed by atoms with Crippen molar-refractivity contribution in [1.29, 1.82) is 0 Å². The summed E-state index contributed by atoms with van der Waals surface area (Å²) in [4.78, 5) is 10.7. The predicted molar refractivity (Wildman–Crippen MR) is 248 cm³/mol. The van der Waals surface area contributed by atoms with Gasteiger partial charge in [0.2, 0.25) is 0 Å². The third-order valence-electron chi connectivity index (χ3n) is 11.9. The zero-order valence-electron chi connectivity index (χ0n) is 32.0. The standard InChI is InChI=1S/C56H35N3/c1-2-15-38(16-3-1)56-50-35-55-49(34-48(50)46-21-8-10-23-51(46)58-56)47-22-9-11-24-54(47)59(55)45-20-12-19-42(31-45)52-32-44(41-27-25-36-13-4-6-17-39(36)29-41)33-53(57-52)43-28-26-37-14-5-7-18-40(37)30-43/h1-35H. The molecule has 0 amide bonds. The van der Waals surface area contributed by atoms with E-state index in [1.54, 1.807) is 0 Å². The fourth-order valence-corrected chi connectivity index (χ4v) is 9.02. The fraction of sp³-hybridized carbons (Fsp3) is 0. The van der Waals surface area contributed by atoms with E-state index in [1.807, 2.05) is 0 Å². The molecule has 0 bridgehead atoms. The highest BCUT2D eigenvalue weighted by molar-refractivity contribution is 6.20. The zero-order valence-corrected chi connectivity index (χ0v) is 32.0. The lowest BCUT2D eigenvalue weighted by Gasteiger charge is -2.14. The van der Waals surface area contributed by atoms with Crippen LogP contribution in [0, 0.1) is 0 Å². The Morgan fingerprint density at radius 3 is 1.68 bits per heavy atom. The van der Waals surface area contributed by atoms with Crippen LogP contribution in [-0.4, -0.2) is 14.5 Å². The zero-order chi connectivity index (χ0) is 38.9. The number of rotatable bonds is 5. The fourth-order valence-electron chi connectivity index (χ4n) is 9.02. The molecule has 0 atom stereocenters. The number of hydrogen-bond acceptors (Lipinski definition) is 2. The molecular formula is C56H35N3. The number of pyridine rings is 2. The first-order chi connectivity index (χ1) is 29.2. The molecule has 12 aromatic rings. The number of aromatic nitrogens is 3. The summed E-state index contributed by atoms with van der Waals surface area (Å²) >= 11 is 0. The average Bonchev–Trinajstić information content (AvgIpc) is 3.63. The third kappa shape index (κ3) is 5.59. The lowest BCUT2D eigenvalue weighted by atomic mass is 9.97. The second-order valence-corrected chi connectivity index (χ2v) is 15.4. The van der Waals surface area contributed by atoms with Crippen LogP contribution in [0.15, 0.2) is 212 Å². The number of hydrogen-bond donors (Lipinski definition) is 0. The van der Waals surface area contributed by atoms with Crippen LogP contribution >= 0.6 is 0 Å². The molecule has 0 aliphatic heterocycles. The summed E-state index contributed by atoms with van der Waals surface area (Å²) in [5.41, 5.74) is 12.8. The Bertz CT molecular complexity index is 3520. The smallest absolute Gasteiger partial charge is 0.0788 e. The maximum absolute atomic E-state index is 5.41. The first-order valence-electron chi connectivity index (χ1n) is 20.1. The largest absolute Gasteiger partial charge is 0.309 e. The minimum Gasteiger partial charge on any atom is -0.309 e. The highest BCUT2D eigenvalue weighted by atomic mass is 15.0. The van der Waals surface area contributed by atoms with Gasteiger partial charge in [-0.3, -0.25) is 0 Å². The Morgan fingerprint density at radius 2 is 0.898 bits per heavy atom. The van der Waals surface area contributed by atoms with Crippen molar-refractivity contribution in [2.24, 2.45) is 0 Å². The maximum Gasteiger partial charge on any atom is 0.0788 e. The van der Waals surface area contributed by atoms with Gasteiger partial charge in [0.25, 0.3) is 0 Å². The van der Waals surface area contributed by atoms with Crippen molar-refractivity contribution < 1.29 is 0 Å². The van der Waals surface area contributed by atoms with Gasteiger partial charge >= 0.3 is 0 Å². The van der Waals surface area contributed by atoms with Gasteiger partial charge in [0, 0.05) is 43.9 Å². The van der Waals surface area contributed by atoms with Gasteiger partial charge in [-0.2, -0.15) is 0 Å².